The van der Waals surface area contributed by atoms with Crippen LogP contribution >= 0.6 is 0 Å². The van der Waals surface area contributed by atoms with Crippen molar-refractivity contribution >= 4 is 0 Å². The van der Waals surface area contributed by atoms with Crippen LogP contribution in [0.4, 0.5) is 4.39 Å². The Hall–Kier alpha value is -1.66. The first kappa shape index (κ1) is 12.4. The molecule has 0 aliphatic heterocycles. The van der Waals surface area contributed by atoms with Gasteiger partial charge in [0.15, 0.2) is 0 Å². The number of halogens is 1. The van der Waals surface area contributed by atoms with E-state index in [9.17, 15) is 9.50 Å². The number of hydrogen-bond donors (Lipinski definition) is 1. The summed E-state index contributed by atoms with van der Waals surface area (Å²) in [5.74, 6) is 0. The van der Waals surface area contributed by atoms with Crippen LogP contribution in [0.25, 0.3) is 0 Å². The number of aliphatic hydroxyl groups is 1. The van der Waals surface area contributed by atoms with Gasteiger partial charge in [-0.05, 0) is 13.8 Å². The highest BCUT2D eigenvalue weighted by molar-refractivity contribution is 5.32. The second kappa shape index (κ2) is 4.91. The van der Waals surface area contributed by atoms with E-state index in [1.165, 1.54) is 24.3 Å². The first-order chi connectivity index (χ1) is 7.50. The molecule has 0 saturated carbocycles. The van der Waals surface area contributed by atoms with E-state index in [0.717, 1.165) is 5.57 Å². The zero-order valence-corrected chi connectivity index (χ0v) is 9.31. The van der Waals surface area contributed by atoms with Crippen molar-refractivity contribution in [3.8, 4) is 6.07 Å². The lowest BCUT2D eigenvalue weighted by molar-refractivity contribution is 0.0622. The Bertz CT molecular complexity index is 417. The molecule has 0 amide bonds. The van der Waals surface area contributed by atoms with E-state index in [0.29, 0.717) is 0 Å². The molecule has 0 fully saturated rings. The second-order valence-electron chi connectivity index (χ2n) is 3.88. The number of rotatable bonds is 3. The zero-order valence-electron chi connectivity index (χ0n) is 9.31. The van der Waals surface area contributed by atoms with Crippen LogP contribution in [0.15, 0.2) is 42.0 Å². The molecule has 0 heterocycles. The number of nitriles is 1. The molecule has 0 spiro atoms. The van der Waals surface area contributed by atoms with E-state index in [2.05, 4.69) is 0 Å². The molecule has 0 saturated heterocycles. The molecule has 84 valence electrons. The number of alkyl halides is 1. The van der Waals surface area contributed by atoms with Crippen LogP contribution in [0.2, 0.25) is 0 Å². The summed E-state index contributed by atoms with van der Waals surface area (Å²) in [7, 11) is 0. The van der Waals surface area contributed by atoms with E-state index < -0.39 is 11.8 Å². The summed E-state index contributed by atoms with van der Waals surface area (Å²) < 4.78 is 14.4. The molecular weight excluding hydrogens is 205 g/mol. The molecule has 16 heavy (non-hydrogen) atoms. The standard InChI is InChI=1S/C13H14FNO/c1-10(2)8-12(16)13(14,9-15)11-6-4-3-5-7-11/h3-8,12,16H,1-2H3. The van der Waals surface area contributed by atoms with Crippen molar-refractivity contribution in [3.05, 3.63) is 47.5 Å². The molecule has 0 aliphatic rings. The molecule has 1 aromatic rings. The van der Waals surface area contributed by atoms with E-state index in [4.69, 9.17) is 5.26 Å². The highest BCUT2D eigenvalue weighted by atomic mass is 19.1. The molecule has 3 heteroatoms. The fourth-order valence-electron chi connectivity index (χ4n) is 1.41. The normalized spacial score (nSPS) is 15.7. The van der Waals surface area contributed by atoms with Crippen molar-refractivity contribution in [2.45, 2.75) is 25.6 Å². The van der Waals surface area contributed by atoms with Crippen LogP contribution in [0, 0.1) is 11.3 Å². The Morgan fingerprint density at radius 1 is 1.44 bits per heavy atom. The smallest absolute Gasteiger partial charge is 0.250 e. The van der Waals surface area contributed by atoms with Gasteiger partial charge in [-0.3, -0.25) is 0 Å². The SMILES string of the molecule is CC(C)=CC(O)C(F)(C#N)c1ccccc1. The molecule has 1 aromatic carbocycles. The van der Waals surface area contributed by atoms with Gasteiger partial charge >= 0.3 is 0 Å². The molecule has 2 unspecified atom stereocenters. The van der Waals surface area contributed by atoms with Crippen molar-refractivity contribution in [1.29, 1.82) is 5.26 Å². The number of benzene rings is 1. The van der Waals surface area contributed by atoms with Gasteiger partial charge in [0, 0.05) is 5.56 Å². The maximum absolute atomic E-state index is 14.4. The van der Waals surface area contributed by atoms with Gasteiger partial charge in [0.2, 0.25) is 5.67 Å². The van der Waals surface area contributed by atoms with Crippen LogP contribution < -0.4 is 0 Å². The Kier molecular flexibility index (Phi) is 3.81. The lowest BCUT2D eigenvalue weighted by Gasteiger charge is -2.22. The molecule has 0 radical (unpaired) electrons. The lowest BCUT2D eigenvalue weighted by Crippen LogP contribution is -2.32. The largest absolute Gasteiger partial charge is 0.384 e. The van der Waals surface area contributed by atoms with Crippen LogP contribution in [0.3, 0.4) is 0 Å². The van der Waals surface area contributed by atoms with Crippen LogP contribution in [0.1, 0.15) is 19.4 Å². The van der Waals surface area contributed by atoms with Gasteiger partial charge in [-0.25, -0.2) is 4.39 Å². The van der Waals surface area contributed by atoms with Gasteiger partial charge in [-0.2, -0.15) is 5.26 Å². The molecule has 1 N–H and O–H groups in total. The van der Waals surface area contributed by atoms with E-state index in [-0.39, 0.29) is 5.56 Å². The van der Waals surface area contributed by atoms with E-state index in [1.807, 2.05) is 0 Å². The Labute approximate surface area is 94.6 Å². The third-order valence-electron chi connectivity index (χ3n) is 2.26. The average Bonchev–Trinajstić information content (AvgIpc) is 2.28. The summed E-state index contributed by atoms with van der Waals surface area (Å²) in [6.07, 6.45) is -0.110. The van der Waals surface area contributed by atoms with E-state index >= 15 is 0 Å². The minimum Gasteiger partial charge on any atom is -0.384 e. The number of nitrogens with zero attached hydrogens (tertiary/aromatic N) is 1. The van der Waals surface area contributed by atoms with Crippen molar-refractivity contribution in [2.75, 3.05) is 0 Å². The third-order valence-corrected chi connectivity index (χ3v) is 2.26. The van der Waals surface area contributed by atoms with Crippen LogP contribution in [-0.2, 0) is 5.67 Å². The van der Waals surface area contributed by atoms with E-state index in [1.54, 1.807) is 32.0 Å². The van der Waals surface area contributed by atoms with Crippen molar-refractivity contribution in [3.63, 3.8) is 0 Å². The summed E-state index contributed by atoms with van der Waals surface area (Å²) in [5, 5.41) is 18.6. The second-order valence-corrected chi connectivity index (χ2v) is 3.88. The van der Waals surface area contributed by atoms with Crippen molar-refractivity contribution < 1.29 is 9.50 Å². The first-order valence-corrected chi connectivity index (χ1v) is 4.99. The van der Waals surface area contributed by atoms with Crippen molar-refractivity contribution in [1.82, 2.24) is 0 Å². The minimum absolute atomic E-state index is 0.169. The first-order valence-electron chi connectivity index (χ1n) is 4.99. The molecule has 0 aromatic heterocycles. The average molecular weight is 219 g/mol. The number of hydrogen-bond acceptors (Lipinski definition) is 2. The number of allylic oxidation sites excluding steroid dienone is 1. The maximum atomic E-state index is 14.4. The molecule has 0 aliphatic carbocycles. The highest BCUT2D eigenvalue weighted by Gasteiger charge is 2.39. The topological polar surface area (TPSA) is 44.0 Å². The summed E-state index contributed by atoms with van der Waals surface area (Å²) in [6.45, 7) is 3.48. The van der Waals surface area contributed by atoms with Gasteiger partial charge in [-0.15, -0.1) is 0 Å². The third kappa shape index (κ3) is 2.47. The predicted molar refractivity (Wildman–Crippen MR) is 60.3 cm³/mol. The highest BCUT2D eigenvalue weighted by Crippen LogP contribution is 2.30. The van der Waals surface area contributed by atoms with Gasteiger partial charge in [0.05, 0.1) is 0 Å². The quantitative estimate of drug-likeness (QED) is 0.794. The molecule has 2 nitrogen and oxygen atoms in total. The fraction of sp³-hybridized carbons (Fsp3) is 0.308. The Morgan fingerprint density at radius 3 is 2.44 bits per heavy atom. The summed E-state index contributed by atoms with van der Waals surface area (Å²) in [6, 6.07) is 9.52. The van der Waals surface area contributed by atoms with Crippen LogP contribution in [-0.4, -0.2) is 11.2 Å². The van der Waals surface area contributed by atoms with Gasteiger partial charge in [0.1, 0.15) is 12.2 Å². The molecule has 1 rings (SSSR count). The minimum atomic E-state index is -2.39. The van der Waals surface area contributed by atoms with Gasteiger partial charge in [-0.1, -0.05) is 42.0 Å². The summed E-state index contributed by atoms with van der Waals surface area (Å²) in [4.78, 5) is 0. The maximum Gasteiger partial charge on any atom is 0.250 e. The Morgan fingerprint density at radius 2 is 2.00 bits per heavy atom. The number of aliphatic hydroxyl groups excluding tert-OH is 1. The molecular formula is C13H14FNO. The molecule has 2 atom stereocenters. The van der Waals surface area contributed by atoms with Gasteiger partial charge in [0.25, 0.3) is 0 Å². The predicted octanol–water partition coefficient (Wildman–Crippen LogP) is 2.70. The fourth-order valence-corrected chi connectivity index (χ4v) is 1.41. The van der Waals surface area contributed by atoms with Crippen LogP contribution in [0.5, 0.6) is 0 Å². The summed E-state index contributed by atoms with van der Waals surface area (Å²) >= 11 is 0. The monoisotopic (exact) mass is 219 g/mol. The molecule has 0 bridgehead atoms. The zero-order chi connectivity index (χ0) is 12.2. The summed E-state index contributed by atoms with van der Waals surface area (Å²) in [5.41, 5.74) is -1.46. The van der Waals surface area contributed by atoms with Crippen molar-refractivity contribution in [2.24, 2.45) is 0 Å². The Balaban J connectivity index is 3.14. The lowest BCUT2D eigenvalue weighted by atomic mass is 9.90. The van der Waals surface area contributed by atoms with Gasteiger partial charge < -0.3 is 5.11 Å².